The normalized spacial score (nSPS) is 28.7. The van der Waals surface area contributed by atoms with Gasteiger partial charge in [0, 0.05) is 36.1 Å². The molecule has 3 nitrogen and oxygen atoms in total. The minimum absolute atomic E-state index is 0.0911. The van der Waals surface area contributed by atoms with Crippen molar-refractivity contribution in [2.24, 2.45) is 0 Å². The molecule has 0 heterocycles. The maximum absolute atomic E-state index is 12.3. The molecule has 1 saturated carbocycles. The Labute approximate surface area is 150 Å². The van der Waals surface area contributed by atoms with Gasteiger partial charge in [0.15, 0.2) is 0 Å². The van der Waals surface area contributed by atoms with Crippen LogP contribution in [0.15, 0.2) is 24.6 Å². The SMILES string of the molecule is C=CN(C)C(=CC)C1(O)C(SCCC)CC(=O)CC1SCCC. The second kappa shape index (κ2) is 9.80. The molecule has 0 aromatic carbocycles. The van der Waals surface area contributed by atoms with Crippen molar-refractivity contribution in [2.75, 3.05) is 18.6 Å². The van der Waals surface area contributed by atoms with Gasteiger partial charge in [0.1, 0.15) is 11.4 Å². The van der Waals surface area contributed by atoms with Crippen LogP contribution in [0.4, 0.5) is 0 Å². The third-order valence-electron chi connectivity index (χ3n) is 4.19. The molecule has 0 aliphatic heterocycles. The van der Waals surface area contributed by atoms with Crippen LogP contribution in [0.1, 0.15) is 46.5 Å². The summed E-state index contributed by atoms with van der Waals surface area (Å²) in [5.41, 5.74) is -0.132. The van der Waals surface area contributed by atoms with Gasteiger partial charge in [-0.15, -0.1) is 0 Å². The van der Waals surface area contributed by atoms with E-state index >= 15 is 0 Å². The van der Waals surface area contributed by atoms with Crippen molar-refractivity contribution in [1.29, 1.82) is 0 Å². The van der Waals surface area contributed by atoms with Gasteiger partial charge < -0.3 is 10.0 Å². The number of allylic oxidation sites excluding steroid dienone is 1. The average molecular weight is 358 g/mol. The van der Waals surface area contributed by atoms with E-state index in [1.165, 1.54) is 0 Å². The summed E-state index contributed by atoms with van der Waals surface area (Å²) < 4.78 is 0. The van der Waals surface area contributed by atoms with Gasteiger partial charge in [-0.05, 0) is 37.5 Å². The van der Waals surface area contributed by atoms with Crippen LogP contribution in [0.25, 0.3) is 0 Å². The molecule has 5 heteroatoms. The molecule has 1 aliphatic carbocycles. The van der Waals surface area contributed by atoms with Crippen molar-refractivity contribution in [3.8, 4) is 0 Å². The van der Waals surface area contributed by atoms with Crippen LogP contribution >= 0.6 is 23.5 Å². The predicted octanol–water partition coefficient (Wildman–Crippen LogP) is 4.08. The van der Waals surface area contributed by atoms with Gasteiger partial charge in [-0.3, -0.25) is 4.79 Å². The summed E-state index contributed by atoms with van der Waals surface area (Å²) in [7, 11) is 1.92. The van der Waals surface area contributed by atoms with Crippen LogP contribution in [-0.2, 0) is 4.79 Å². The van der Waals surface area contributed by atoms with E-state index in [1.807, 2.05) is 24.9 Å². The molecule has 2 atom stereocenters. The molecular weight excluding hydrogens is 326 g/mol. The minimum Gasteiger partial charge on any atom is -0.381 e. The third-order valence-corrected chi connectivity index (χ3v) is 7.34. The van der Waals surface area contributed by atoms with Crippen molar-refractivity contribution in [3.63, 3.8) is 0 Å². The van der Waals surface area contributed by atoms with Crippen molar-refractivity contribution >= 4 is 29.3 Å². The van der Waals surface area contributed by atoms with Gasteiger partial charge in [0.05, 0.1) is 0 Å². The molecule has 23 heavy (non-hydrogen) atoms. The number of nitrogens with zero attached hydrogens (tertiary/aromatic N) is 1. The summed E-state index contributed by atoms with van der Waals surface area (Å²) >= 11 is 3.46. The molecule has 1 rings (SSSR count). The number of carbonyl (C=O) groups excluding carboxylic acids is 1. The minimum atomic E-state index is -0.995. The molecular formula is C18H31NO2S2. The molecule has 0 amide bonds. The Bertz CT molecular complexity index is 417. The maximum atomic E-state index is 12.3. The lowest BCUT2D eigenvalue weighted by atomic mass is 9.80. The summed E-state index contributed by atoms with van der Waals surface area (Å²) in [6, 6.07) is 0. The van der Waals surface area contributed by atoms with Crippen LogP contribution in [-0.4, -0.2) is 50.4 Å². The lowest BCUT2D eigenvalue weighted by molar-refractivity contribution is -0.123. The Hall–Kier alpha value is -0.390. The van der Waals surface area contributed by atoms with Crippen molar-refractivity contribution < 1.29 is 9.90 Å². The molecule has 0 radical (unpaired) electrons. The standard InChI is InChI=1S/C18H31NO2S2/c1-6-10-22-16-12-14(20)13-17(23-11-7-2)18(16,21)15(8-3)19(5)9-4/h8-9,16-17,21H,4,6-7,10-13H2,1-3,5H3. The van der Waals surface area contributed by atoms with Crippen molar-refractivity contribution in [3.05, 3.63) is 24.6 Å². The maximum Gasteiger partial charge on any atom is 0.135 e. The molecule has 0 spiro atoms. The van der Waals surface area contributed by atoms with E-state index in [0.29, 0.717) is 12.8 Å². The van der Waals surface area contributed by atoms with Crippen LogP contribution in [0.5, 0.6) is 0 Å². The highest BCUT2D eigenvalue weighted by Gasteiger charge is 2.52. The van der Waals surface area contributed by atoms with Gasteiger partial charge in [-0.1, -0.05) is 26.5 Å². The molecule has 1 N–H and O–H groups in total. The van der Waals surface area contributed by atoms with Gasteiger partial charge in [0.2, 0.25) is 0 Å². The fraction of sp³-hybridized carbons (Fsp3) is 0.722. The molecule has 132 valence electrons. The van der Waals surface area contributed by atoms with E-state index in [9.17, 15) is 9.90 Å². The Morgan fingerprint density at radius 1 is 1.30 bits per heavy atom. The number of thioether (sulfide) groups is 2. The van der Waals surface area contributed by atoms with Crippen LogP contribution in [0, 0.1) is 0 Å². The van der Waals surface area contributed by atoms with Gasteiger partial charge in [0.25, 0.3) is 0 Å². The van der Waals surface area contributed by atoms with Gasteiger partial charge in [-0.2, -0.15) is 23.5 Å². The first-order valence-corrected chi connectivity index (χ1v) is 10.5. The summed E-state index contributed by atoms with van der Waals surface area (Å²) in [6.45, 7) is 10.1. The highest BCUT2D eigenvalue weighted by atomic mass is 32.2. The van der Waals surface area contributed by atoms with E-state index in [-0.39, 0.29) is 16.3 Å². The van der Waals surface area contributed by atoms with E-state index in [2.05, 4.69) is 20.4 Å². The van der Waals surface area contributed by atoms with Crippen molar-refractivity contribution in [2.45, 2.75) is 62.6 Å². The van der Waals surface area contributed by atoms with E-state index < -0.39 is 5.60 Å². The van der Waals surface area contributed by atoms with E-state index in [4.69, 9.17) is 0 Å². The lowest BCUT2D eigenvalue weighted by Crippen LogP contribution is -2.58. The largest absolute Gasteiger partial charge is 0.381 e. The van der Waals surface area contributed by atoms with Crippen molar-refractivity contribution in [1.82, 2.24) is 4.90 Å². The Morgan fingerprint density at radius 2 is 1.78 bits per heavy atom. The number of hydrogen-bond acceptors (Lipinski definition) is 5. The van der Waals surface area contributed by atoms with Gasteiger partial charge in [-0.25, -0.2) is 0 Å². The second-order valence-corrected chi connectivity index (χ2v) is 8.58. The summed E-state index contributed by atoms with van der Waals surface area (Å²) in [4.78, 5) is 14.2. The summed E-state index contributed by atoms with van der Waals surface area (Å²) in [5, 5.41) is 11.6. The monoisotopic (exact) mass is 357 g/mol. The van der Waals surface area contributed by atoms with Crippen LogP contribution in [0.2, 0.25) is 0 Å². The lowest BCUT2D eigenvalue weighted by Gasteiger charge is -2.48. The quantitative estimate of drug-likeness (QED) is 0.673. The molecule has 1 aliphatic rings. The highest BCUT2D eigenvalue weighted by molar-refractivity contribution is 8.01. The first kappa shape index (κ1) is 20.7. The zero-order valence-corrected chi connectivity index (χ0v) is 16.5. The number of likely N-dealkylation sites (N-methyl/N-ethyl adjacent to an activating group) is 1. The number of ketones is 1. The Morgan fingerprint density at radius 3 is 2.13 bits per heavy atom. The van der Waals surface area contributed by atoms with Gasteiger partial charge >= 0.3 is 0 Å². The summed E-state index contributed by atoms with van der Waals surface area (Å²) in [6.07, 6.45) is 6.68. The number of aliphatic hydroxyl groups is 1. The highest BCUT2D eigenvalue weighted by Crippen LogP contribution is 2.46. The average Bonchev–Trinajstić information content (AvgIpc) is 2.54. The fourth-order valence-corrected chi connectivity index (χ4v) is 5.87. The topological polar surface area (TPSA) is 40.5 Å². The third kappa shape index (κ3) is 4.80. The Kier molecular flexibility index (Phi) is 8.80. The van der Waals surface area contributed by atoms with E-state index in [0.717, 1.165) is 30.0 Å². The molecule has 1 fully saturated rings. The fourth-order valence-electron chi connectivity index (χ4n) is 3.05. The zero-order valence-electron chi connectivity index (χ0n) is 14.9. The number of Topliss-reactive ketones (excluding diaryl/α,β-unsaturated/α-hetero) is 1. The molecule has 0 bridgehead atoms. The number of rotatable bonds is 9. The number of hydrogen-bond donors (Lipinski definition) is 1. The molecule has 0 aromatic heterocycles. The number of carbonyl (C=O) groups is 1. The molecule has 0 aromatic rings. The summed E-state index contributed by atoms with van der Waals surface area (Å²) in [5.74, 6) is 2.19. The molecule has 2 unspecified atom stereocenters. The second-order valence-electron chi connectivity index (χ2n) is 5.96. The zero-order chi connectivity index (χ0) is 17.5. The first-order valence-electron chi connectivity index (χ1n) is 8.44. The van der Waals surface area contributed by atoms with E-state index in [1.54, 1.807) is 29.7 Å². The first-order chi connectivity index (χ1) is 10.9. The predicted molar refractivity (Wildman–Crippen MR) is 104 cm³/mol. The molecule has 0 saturated heterocycles. The smallest absolute Gasteiger partial charge is 0.135 e. The van der Waals surface area contributed by atoms with Crippen LogP contribution < -0.4 is 0 Å². The van der Waals surface area contributed by atoms with Crippen LogP contribution in [0.3, 0.4) is 0 Å². The Balaban J connectivity index is 3.24.